The van der Waals surface area contributed by atoms with Crippen LogP contribution in [0.15, 0.2) is 48.5 Å². The van der Waals surface area contributed by atoms with Crippen LogP contribution in [0.2, 0.25) is 0 Å². The monoisotopic (exact) mass is 436 g/mol. The van der Waals surface area contributed by atoms with Gasteiger partial charge in [0, 0.05) is 44.1 Å². The van der Waals surface area contributed by atoms with Gasteiger partial charge in [-0.1, -0.05) is 30.3 Å². The summed E-state index contributed by atoms with van der Waals surface area (Å²) in [7, 11) is 0. The molecule has 0 aliphatic carbocycles. The minimum Gasteiger partial charge on any atom is -0.398 e. The first-order chi connectivity index (χ1) is 13.1. The van der Waals surface area contributed by atoms with Crippen LogP contribution in [0.25, 0.3) is 0 Å². The van der Waals surface area contributed by atoms with Gasteiger partial charge in [-0.3, -0.25) is 14.5 Å². The molecular formula is C21H26Cl2N4O2. The highest BCUT2D eigenvalue weighted by Crippen LogP contribution is 2.27. The number of rotatable bonds is 3. The quantitative estimate of drug-likeness (QED) is 0.750. The Morgan fingerprint density at radius 1 is 0.862 bits per heavy atom. The first kappa shape index (κ1) is 23.0. The molecule has 0 aromatic heterocycles. The lowest BCUT2D eigenvalue weighted by Gasteiger charge is -2.35. The van der Waals surface area contributed by atoms with Crippen LogP contribution in [-0.2, 0) is 11.2 Å². The Morgan fingerprint density at radius 2 is 1.52 bits per heavy atom. The van der Waals surface area contributed by atoms with E-state index in [1.807, 2.05) is 40.1 Å². The Labute approximate surface area is 183 Å². The number of benzene rings is 2. The van der Waals surface area contributed by atoms with E-state index in [-0.39, 0.29) is 36.6 Å². The van der Waals surface area contributed by atoms with Gasteiger partial charge in [0.1, 0.15) is 0 Å². The van der Waals surface area contributed by atoms with Crippen molar-refractivity contribution in [1.29, 1.82) is 0 Å². The number of halogens is 2. The molecule has 2 N–H and O–H groups in total. The van der Waals surface area contributed by atoms with Gasteiger partial charge in [-0.05, 0) is 30.2 Å². The molecule has 1 saturated heterocycles. The minimum absolute atomic E-state index is 0. The van der Waals surface area contributed by atoms with E-state index in [1.165, 1.54) is 5.56 Å². The van der Waals surface area contributed by atoms with Crippen molar-refractivity contribution in [3.05, 3.63) is 59.7 Å². The first-order valence-corrected chi connectivity index (χ1v) is 9.38. The number of carbonyl (C=O) groups excluding carboxylic acids is 2. The number of amides is 2. The molecule has 0 bridgehead atoms. The molecule has 29 heavy (non-hydrogen) atoms. The van der Waals surface area contributed by atoms with Crippen molar-refractivity contribution in [2.24, 2.45) is 0 Å². The zero-order valence-corrected chi connectivity index (χ0v) is 17.8. The third kappa shape index (κ3) is 4.83. The molecule has 2 amide bonds. The van der Waals surface area contributed by atoms with Gasteiger partial charge in [0.2, 0.25) is 5.91 Å². The smallest absolute Gasteiger partial charge is 0.256 e. The molecule has 156 valence electrons. The molecule has 4 rings (SSSR count). The SMILES string of the molecule is Cl.Cl.Nc1ccccc1C(=O)N1CCN(CC(=O)N2CCc3ccccc32)CC1. The molecule has 8 heteroatoms. The third-order valence-electron chi connectivity index (χ3n) is 5.40. The number of hydrogen-bond acceptors (Lipinski definition) is 4. The molecule has 1 fully saturated rings. The van der Waals surface area contributed by atoms with E-state index in [2.05, 4.69) is 11.0 Å². The van der Waals surface area contributed by atoms with Crippen LogP contribution >= 0.6 is 24.8 Å². The standard InChI is InChI=1S/C21H24N4O2.2ClH/c22-18-7-3-2-6-17(18)21(27)24-13-11-23(12-14-24)15-20(26)25-10-9-16-5-1-4-8-19(16)25;;/h1-8H,9-15,22H2;2*1H. The van der Waals surface area contributed by atoms with Crippen LogP contribution in [0, 0.1) is 0 Å². The van der Waals surface area contributed by atoms with Crippen molar-refractivity contribution in [3.8, 4) is 0 Å². The van der Waals surface area contributed by atoms with Gasteiger partial charge in [0.15, 0.2) is 0 Å². The summed E-state index contributed by atoms with van der Waals surface area (Å²) in [5, 5.41) is 0. The van der Waals surface area contributed by atoms with Gasteiger partial charge in [-0.25, -0.2) is 0 Å². The van der Waals surface area contributed by atoms with E-state index in [9.17, 15) is 9.59 Å². The van der Waals surface area contributed by atoms with Gasteiger partial charge < -0.3 is 15.5 Å². The molecule has 2 aliphatic heterocycles. The average Bonchev–Trinajstić information content (AvgIpc) is 3.13. The molecule has 0 atom stereocenters. The second kappa shape index (κ2) is 9.96. The minimum atomic E-state index is -0.0347. The predicted octanol–water partition coefficient (Wildman–Crippen LogP) is 2.46. The van der Waals surface area contributed by atoms with Crippen molar-refractivity contribution in [3.63, 3.8) is 0 Å². The number of para-hydroxylation sites is 2. The largest absolute Gasteiger partial charge is 0.398 e. The van der Waals surface area contributed by atoms with E-state index in [0.29, 0.717) is 44.0 Å². The Morgan fingerprint density at radius 3 is 2.24 bits per heavy atom. The Bertz CT molecular complexity index is 869. The van der Waals surface area contributed by atoms with E-state index in [4.69, 9.17) is 5.73 Å². The molecule has 2 aromatic carbocycles. The Hall–Kier alpha value is -2.28. The van der Waals surface area contributed by atoms with Crippen LogP contribution in [0.4, 0.5) is 11.4 Å². The van der Waals surface area contributed by atoms with Crippen molar-refractivity contribution < 1.29 is 9.59 Å². The van der Waals surface area contributed by atoms with E-state index in [1.54, 1.807) is 12.1 Å². The number of anilines is 2. The number of nitrogen functional groups attached to an aromatic ring is 1. The summed E-state index contributed by atoms with van der Waals surface area (Å²) < 4.78 is 0. The number of carbonyl (C=O) groups is 2. The van der Waals surface area contributed by atoms with Gasteiger partial charge in [0.25, 0.3) is 5.91 Å². The topological polar surface area (TPSA) is 69.9 Å². The molecule has 0 saturated carbocycles. The summed E-state index contributed by atoms with van der Waals surface area (Å²) in [6.45, 7) is 3.75. The fraction of sp³-hybridized carbons (Fsp3) is 0.333. The van der Waals surface area contributed by atoms with Crippen molar-refractivity contribution in [2.45, 2.75) is 6.42 Å². The average molecular weight is 437 g/mol. The summed E-state index contributed by atoms with van der Waals surface area (Å²) in [4.78, 5) is 31.2. The number of nitrogens with two attached hydrogens (primary N) is 1. The van der Waals surface area contributed by atoms with Crippen molar-refractivity contribution in [1.82, 2.24) is 9.80 Å². The van der Waals surface area contributed by atoms with Gasteiger partial charge >= 0.3 is 0 Å². The molecule has 0 spiro atoms. The molecule has 0 radical (unpaired) electrons. The normalized spacial score (nSPS) is 15.9. The van der Waals surface area contributed by atoms with Gasteiger partial charge in [-0.2, -0.15) is 0 Å². The van der Waals surface area contributed by atoms with Crippen LogP contribution in [0.1, 0.15) is 15.9 Å². The second-order valence-electron chi connectivity index (χ2n) is 7.08. The molecule has 2 aromatic rings. The predicted molar refractivity (Wildman–Crippen MR) is 120 cm³/mol. The Balaban J connectivity index is 0.00000150. The number of nitrogens with zero attached hydrogens (tertiary/aromatic N) is 3. The first-order valence-electron chi connectivity index (χ1n) is 9.38. The molecule has 2 heterocycles. The van der Waals surface area contributed by atoms with Gasteiger partial charge in [-0.15, -0.1) is 24.8 Å². The van der Waals surface area contributed by atoms with E-state index in [0.717, 1.165) is 18.7 Å². The fourth-order valence-electron chi connectivity index (χ4n) is 3.85. The van der Waals surface area contributed by atoms with Crippen LogP contribution in [-0.4, -0.2) is 60.9 Å². The van der Waals surface area contributed by atoms with Crippen molar-refractivity contribution in [2.75, 3.05) is 49.9 Å². The number of hydrogen-bond donors (Lipinski definition) is 1. The lowest BCUT2D eigenvalue weighted by atomic mass is 10.1. The number of piperazine rings is 1. The molecule has 6 nitrogen and oxygen atoms in total. The van der Waals surface area contributed by atoms with E-state index >= 15 is 0 Å². The zero-order valence-electron chi connectivity index (χ0n) is 16.1. The molecular weight excluding hydrogens is 411 g/mol. The maximum atomic E-state index is 12.7. The highest BCUT2D eigenvalue weighted by Gasteiger charge is 2.28. The van der Waals surface area contributed by atoms with Crippen LogP contribution < -0.4 is 10.6 Å². The summed E-state index contributed by atoms with van der Waals surface area (Å²) in [5.41, 5.74) is 9.26. The summed E-state index contributed by atoms with van der Waals surface area (Å²) in [5.74, 6) is 0.0968. The third-order valence-corrected chi connectivity index (χ3v) is 5.40. The van der Waals surface area contributed by atoms with E-state index < -0.39 is 0 Å². The summed E-state index contributed by atoms with van der Waals surface area (Å²) in [6, 6.07) is 15.3. The summed E-state index contributed by atoms with van der Waals surface area (Å²) >= 11 is 0. The lowest BCUT2D eigenvalue weighted by molar-refractivity contribution is -0.120. The maximum Gasteiger partial charge on any atom is 0.256 e. The zero-order chi connectivity index (χ0) is 18.8. The highest BCUT2D eigenvalue weighted by atomic mass is 35.5. The fourth-order valence-corrected chi connectivity index (χ4v) is 3.85. The molecule has 0 unspecified atom stereocenters. The lowest BCUT2D eigenvalue weighted by Crippen LogP contribution is -2.51. The second-order valence-corrected chi connectivity index (χ2v) is 7.08. The molecule has 2 aliphatic rings. The van der Waals surface area contributed by atoms with Crippen LogP contribution in [0.3, 0.4) is 0 Å². The Kier molecular flexibility index (Phi) is 7.90. The van der Waals surface area contributed by atoms with Crippen LogP contribution in [0.5, 0.6) is 0 Å². The van der Waals surface area contributed by atoms with Crippen molar-refractivity contribution >= 4 is 48.0 Å². The highest BCUT2D eigenvalue weighted by molar-refractivity contribution is 5.99. The van der Waals surface area contributed by atoms with Gasteiger partial charge in [0.05, 0.1) is 12.1 Å². The maximum absolute atomic E-state index is 12.7. The number of fused-ring (bicyclic) bond motifs is 1. The summed E-state index contributed by atoms with van der Waals surface area (Å²) in [6.07, 6.45) is 0.919.